The fourth-order valence-corrected chi connectivity index (χ4v) is 0. The molecule has 0 aromatic carbocycles. The van der Waals surface area contributed by atoms with Crippen molar-refractivity contribution in [2.45, 2.75) is 26.3 Å². The molecule has 0 fully saturated rings. The highest BCUT2D eigenvalue weighted by molar-refractivity contribution is 5.62. The van der Waals surface area contributed by atoms with Crippen LogP contribution in [0.4, 0.5) is 0 Å². The largest absolute Gasteiger partial charge is 0.481 e. The van der Waals surface area contributed by atoms with Crippen molar-refractivity contribution in [3.05, 3.63) is 12.7 Å². The summed E-state index contributed by atoms with van der Waals surface area (Å²) in [5, 5.41) is 7.42. The second-order valence-electron chi connectivity index (χ2n) is 2.54. The molecule has 0 radical (unpaired) electrons. The van der Waals surface area contributed by atoms with Gasteiger partial charge in [0.2, 0.25) is 0 Å². The Morgan fingerprint density at radius 2 is 1.80 bits per heavy atom. The fourth-order valence-electron chi connectivity index (χ4n) is 0. The van der Waals surface area contributed by atoms with Gasteiger partial charge in [0.25, 0.3) is 5.97 Å². The van der Waals surface area contributed by atoms with Gasteiger partial charge in [0, 0.05) is 12.5 Å². The molecular formula is C7H15NO2. The van der Waals surface area contributed by atoms with Crippen LogP contribution < -0.4 is 5.73 Å². The van der Waals surface area contributed by atoms with E-state index < -0.39 is 5.97 Å². The third kappa shape index (κ3) is 58.0. The van der Waals surface area contributed by atoms with Crippen LogP contribution in [0.25, 0.3) is 0 Å². The van der Waals surface area contributed by atoms with E-state index in [9.17, 15) is 0 Å². The molecule has 0 aromatic rings. The van der Waals surface area contributed by atoms with Crippen LogP contribution in [0.15, 0.2) is 12.7 Å². The normalized spacial score (nSPS) is 9.20. The van der Waals surface area contributed by atoms with Gasteiger partial charge in [-0.2, -0.15) is 0 Å². The molecule has 0 aliphatic carbocycles. The summed E-state index contributed by atoms with van der Waals surface area (Å²) in [6.45, 7) is 8.40. The maximum Gasteiger partial charge on any atom is 0.300 e. The highest BCUT2D eigenvalue weighted by atomic mass is 16.4. The van der Waals surface area contributed by atoms with E-state index in [4.69, 9.17) is 15.6 Å². The summed E-state index contributed by atoms with van der Waals surface area (Å²) in [5.74, 6) is -0.833. The van der Waals surface area contributed by atoms with E-state index in [2.05, 4.69) is 6.58 Å². The lowest BCUT2D eigenvalue weighted by molar-refractivity contribution is -0.134. The summed E-state index contributed by atoms with van der Waals surface area (Å²) in [6.07, 6.45) is 1.72. The summed E-state index contributed by atoms with van der Waals surface area (Å²) in [6, 6.07) is 0. The summed E-state index contributed by atoms with van der Waals surface area (Å²) in [7, 11) is 0. The average Bonchev–Trinajstić information content (AvgIpc) is 1.63. The lowest BCUT2D eigenvalue weighted by Crippen LogP contribution is -2.27. The molecule has 0 spiro atoms. The maximum absolute atomic E-state index is 9.00. The molecule has 0 unspecified atom stereocenters. The van der Waals surface area contributed by atoms with Gasteiger partial charge in [-0.05, 0) is 13.8 Å². The van der Waals surface area contributed by atoms with Crippen LogP contribution in [0.5, 0.6) is 0 Å². The number of rotatable bonds is 1. The van der Waals surface area contributed by atoms with Crippen LogP contribution in [0.1, 0.15) is 20.8 Å². The minimum atomic E-state index is -0.833. The zero-order valence-electron chi connectivity index (χ0n) is 6.72. The van der Waals surface area contributed by atoms with Gasteiger partial charge < -0.3 is 10.8 Å². The Bertz CT molecular complexity index is 109. The number of hydrogen-bond donors (Lipinski definition) is 2. The third-order valence-electron chi connectivity index (χ3n) is 0.526. The van der Waals surface area contributed by atoms with Crippen LogP contribution >= 0.6 is 0 Å². The molecule has 0 heterocycles. The van der Waals surface area contributed by atoms with Crippen LogP contribution in [0, 0.1) is 0 Å². The number of nitrogens with two attached hydrogens (primary N) is 1. The maximum atomic E-state index is 9.00. The lowest BCUT2D eigenvalue weighted by Gasteiger charge is -2.08. The van der Waals surface area contributed by atoms with Gasteiger partial charge in [0.05, 0.1) is 0 Å². The Hall–Kier alpha value is -0.830. The van der Waals surface area contributed by atoms with Crippen LogP contribution in [-0.4, -0.2) is 16.6 Å². The third-order valence-corrected chi connectivity index (χ3v) is 0.526. The number of hydrogen-bond acceptors (Lipinski definition) is 2. The summed E-state index contributed by atoms with van der Waals surface area (Å²) in [4.78, 5) is 9.00. The quantitative estimate of drug-likeness (QED) is 0.541. The molecule has 3 heteroatoms. The zero-order chi connectivity index (χ0) is 8.78. The van der Waals surface area contributed by atoms with E-state index in [1.54, 1.807) is 6.08 Å². The molecule has 0 saturated carbocycles. The number of aliphatic carboxylic acids is 1. The number of carboxylic acid groups (broad SMARTS) is 1. The van der Waals surface area contributed by atoms with Gasteiger partial charge in [0.1, 0.15) is 0 Å². The smallest absolute Gasteiger partial charge is 0.300 e. The van der Waals surface area contributed by atoms with Crippen molar-refractivity contribution in [2.75, 3.05) is 0 Å². The van der Waals surface area contributed by atoms with E-state index in [0.717, 1.165) is 6.92 Å². The van der Waals surface area contributed by atoms with Crippen LogP contribution in [-0.2, 0) is 4.79 Å². The predicted molar refractivity (Wildman–Crippen MR) is 41.8 cm³/mol. The highest BCUT2D eigenvalue weighted by Gasteiger charge is 1.99. The Balaban J connectivity index is 0. The van der Waals surface area contributed by atoms with Crippen molar-refractivity contribution in [3.63, 3.8) is 0 Å². The van der Waals surface area contributed by atoms with Crippen LogP contribution in [0.3, 0.4) is 0 Å². The molecule has 0 saturated heterocycles. The van der Waals surface area contributed by atoms with Crippen molar-refractivity contribution < 1.29 is 9.90 Å². The Kier molecular flexibility index (Phi) is 5.95. The first kappa shape index (κ1) is 11.9. The Morgan fingerprint density at radius 1 is 1.70 bits per heavy atom. The Morgan fingerprint density at radius 3 is 1.80 bits per heavy atom. The van der Waals surface area contributed by atoms with Gasteiger partial charge in [-0.1, -0.05) is 6.08 Å². The minimum Gasteiger partial charge on any atom is -0.481 e. The predicted octanol–water partition coefficient (Wildman–Crippen LogP) is 1.00. The molecule has 3 N–H and O–H groups in total. The lowest BCUT2D eigenvalue weighted by atomic mass is 10.1. The second-order valence-corrected chi connectivity index (χ2v) is 2.54. The van der Waals surface area contributed by atoms with Crippen molar-refractivity contribution in [3.8, 4) is 0 Å². The second kappa shape index (κ2) is 4.99. The molecule has 3 nitrogen and oxygen atoms in total. The van der Waals surface area contributed by atoms with Gasteiger partial charge in [-0.15, -0.1) is 6.58 Å². The van der Waals surface area contributed by atoms with E-state index >= 15 is 0 Å². The fraction of sp³-hybridized carbons (Fsp3) is 0.571. The molecule has 0 bridgehead atoms. The first-order chi connectivity index (χ1) is 4.29. The van der Waals surface area contributed by atoms with Gasteiger partial charge >= 0.3 is 0 Å². The molecular weight excluding hydrogens is 130 g/mol. The Labute approximate surface area is 61.5 Å². The molecule has 0 aromatic heterocycles. The molecule has 60 valence electrons. The van der Waals surface area contributed by atoms with E-state index in [1.165, 1.54) is 0 Å². The summed E-state index contributed by atoms with van der Waals surface area (Å²) < 4.78 is 0. The summed E-state index contributed by atoms with van der Waals surface area (Å²) >= 11 is 0. The molecule has 0 amide bonds. The first-order valence-electron chi connectivity index (χ1n) is 2.91. The summed E-state index contributed by atoms with van der Waals surface area (Å²) in [5.41, 5.74) is 5.22. The van der Waals surface area contributed by atoms with E-state index in [0.29, 0.717) is 0 Å². The zero-order valence-corrected chi connectivity index (χ0v) is 6.72. The van der Waals surface area contributed by atoms with Gasteiger partial charge in [-0.25, -0.2) is 0 Å². The van der Waals surface area contributed by atoms with Gasteiger partial charge in [-0.3, -0.25) is 4.79 Å². The van der Waals surface area contributed by atoms with E-state index in [1.807, 2.05) is 13.8 Å². The average molecular weight is 145 g/mol. The molecule has 10 heavy (non-hydrogen) atoms. The monoisotopic (exact) mass is 145 g/mol. The first-order valence-corrected chi connectivity index (χ1v) is 2.91. The topological polar surface area (TPSA) is 63.3 Å². The van der Waals surface area contributed by atoms with E-state index in [-0.39, 0.29) is 5.54 Å². The molecule has 0 aliphatic heterocycles. The molecule has 0 atom stereocenters. The van der Waals surface area contributed by atoms with Crippen molar-refractivity contribution in [1.82, 2.24) is 0 Å². The highest BCUT2D eigenvalue weighted by Crippen LogP contribution is 1.93. The molecule has 0 rings (SSSR count). The standard InChI is InChI=1S/C5H11N.C2H4O2/c1-4-5(2,3)6;1-2(3)4/h4H,1,6H2,2-3H3;1H3,(H,3,4). The number of carbonyl (C=O) groups is 1. The van der Waals surface area contributed by atoms with Crippen molar-refractivity contribution in [1.29, 1.82) is 0 Å². The van der Waals surface area contributed by atoms with Gasteiger partial charge in [0.15, 0.2) is 0 Å². The van der Waals surface area contributed by atoms with Crippen molar-refractivity contribution in [2.24, 2.45) is 5.73 Å². The SMILES string of the molecule is C=CC(C)(C)N.CC(=O)O. The molecule has 0 aliphatic rings. The van der Waals surface area contributed by atoms with Crippen molar-refractivity contribution >= 4 is 5.97 Å². The van der Waals surface area contributed by atoms with Crippen LogP contribution in [0.2, 0.25) is 0 Å². The minimum absolute atomic E-state index is 0.194. The number of carboxylic acids is 1.